The summed E-state index contributed by atoms with van der Waals surface area (Å²) in [4.78, 5) is 4.04. The first-order valence-corrected chi connectivity index (χ1v) is 3.92. The molecule has 0 amide bonds. The van der Waals surface area contributed by atoms with Gasteiger partial charge in [-0.3, -0.25) is 4.99 Å². The molecule has 0 N–H and O–H groups in total. The molecule has 0 fully saturated rings. The van der Waals surface area contributed by atoms with E-state index in [1.165, 1.54) is 10.4 Å². The summed E-state index contributed by atoms with van der Waals surface area (Å²) in [6.07, 6.45) is 9.61. The molecule has 0 saturated carbocycles. The van der Waals surface area contributed by atoms with Crippen molar-refractivity contribution in [3.8, 4) is 0 Å². The lowest BCUT2D eigenvalue weighted by Gasteiger charge is -1.89. The van der Waals surface area contributed by atoms with E-state index in [1.807, 2.05) is 30.5 Å². The highest BCUT2D eigenvalue weighted by molar-refractivity contribution is 5.91. The van der Waals surface area contributed by atoms with E-state index in [0.717, 1.165) is 0 Å². The maximum Gasteiger partial charge on any atom is 0.0273 e. The van der Waals surface area contributed by atoms with Gasteiger partial charge in [-0.25, -0.2) is 0 Å². The number of hydrogen-bond donors (Lipinski definition) is 0. The predicted molar refractivity (Wildman–Crippen MR) is 52.3 cm³/mol. The topological polar surface area (TPSA) is 12.4 Å². The monoisotopic (exact) mass is 155 g/mol. The Morgan fingerprint density at radius 2 is 1.67 bits per heavy atom. The van der Waals surface area contributed by atoms with Crippen LogP contribution in [-0.2, 0) is 0 Å². The zero-order chi connectivity index (χ0) is 8.23. The minimum atomic E-state index is 1.21. The zero-order valence-electron chi connectivity index (χ0n) is 6.64. The molecule has 1 heterocycles. The molecule has 1 nitrogen and oxygen atoms in total. The quantitative estimate of drug-likeness (QED) is 0.526. The van der Waals surface area contributed by atoms with Crippen LogP contribution in [0.4, 0.5) is 0 Å². The van der Waals surface area contributed by atoms with Crippen LogP contribution in [0.25, 0.3) is 12.2 Å². The highest BCUT2D eigenvalue weighted by atomic mass is 14.6. The first kappa shape index (κ1) is 7.04. The Labute approximate surface area is 71.1 Å². The van der Waals surface area contributed by atoms with Crippen LogP contribution in [0.2, 0.25) is 0 Å². The fourth-order valence-corrected chi connectivity index (χ4v) is 1.18. The van der Waals surface area contributed by atoms with Gasteiger partial charge in [0.2, 0.25) is 0 Å². The van der Waals surface area contributed by atoms with E-state index in [1.54, 1.807) is 6.20 Å². The van der Waals surface area contributed by atoms with Gasteiger partial charge in [0.25, 0.3) is 0 Å². The van der Waals surface area contributed by atoms with E-state index in [2.05, 4.69) is 23.2 Å². The molecule has 58 valence electrons. The lowest BCUT2D eigenvalue weighted by molar-refractivity contribution is 1.51. The van der Waals surface area contributed by atoms with Crippen LogP contribution < -0.4 is 10.4 Å². The molecule has 0 bridgehead atoms. The summed E-state index contributed by atoms with van der Waals surface area (Å²) >= 11 is 0. The van der Waals surface area contributed by atoms with Crippen molar-refractivity contribution in [2.45, 2.75) is 0 Å². The van der Waals surface area contributed by atoms with Crippen LogP contribution in [0, 0.1) is 0 Å². The minimum absolute atomic E-state index is 1.21. The third kappa shape index (κ3) is 1.35. The molecule has 2 rings (SSSR count). The van der Waals surface area contributed by atoms with Gasteiger partial charge >= 0.3 is 0 Å². The van der Waals surface area contributed by atoms with Crippen molar-refractivity contribution in [1.29, 1.82) is 0 Å². The molecule has 0 atom stereocenters. The van der Waals surface area contributed by atoms with Gasteiger partial charge in [0.05, 0.1) is 0 Å². The fourth-order valence-electron chi connectivity index (χ4n) is 1.18. The van der Waals surface area contributed by atoms with E-state index < -0.39 is 0 Å². The van der Waals surface area contributed by atoms with E-state index in [-0.39, 0.29) is 0 Å². The van der Waals surface area contributed by atoms with Crippen LogP contribution in [-0.4, -0.2) is 6.21 Å². The Balaban J connectivity index is 2.80. The van der Waals surface area contributed by atoms with Crippen molar-refractivity contribution in [3.63, 3.8) is 0 Å². The molecule has 1 aliphatic heterocycles. The normalized spacial score (nSPS) is 24.7. The summed E-state index contributed by atoms with van der Waals surface area (Å²) in [5.41, 5.74) is 0. The first-order chi connectivity index (χ1) is 5.97. The lowest BCUT2D eigenvalue weighted by atomic mass is 10.2. The van der Waals surface area contributed by atoms with Gasteiger partial charge in [-0.15, -0.1) is 0 Å². The number of hydrogen-bond acceptors (Lipinski definition) is 1. The molecule has 0 saturated heterocycles. The summed E-state index contributed by atoms with van der Waals surface area (Å²) in [7, 11) is 0. The molecule has 0 radical (unpaired) electrons. The first-order valence-electron chi connectivity index (χ1n) is 3.92. The van der Waals surface area contributed by atoms with Gasteiger partial charge in [-0.05, 0) is 22.6 Å². The maximum atomic E-state index is 4.04. The average molecular weight is 155 g/mol. The molecule has 12 heavy (non-hydrogen) atoms. The second-order valence-corrected chi connectivity index (χ2v) is 2.60. The van der Waals surface area contributed by atoms with Crippen molar-refractivity contribution in [2.75, 3.05) is 0 Å². The summed E-state index contributed by atoms with van der Waals surface area (Å²) < 4.78 is 0. The van der Waals surface area contributed by atoms with Crippen molar-refractivity contribution < 1.29 is 0 Å². The Morgan fingerprint density at radius 1 is 0.917 bits per heavy atom. The van der Waals surface area contributed by atoms with Crippen molar-refractivity contribution in [1.82, 2.24) is 0 Å². The molecule has 1 aromatic rings. The molecule has 0 spiro atoms. The Bertz CT molecular complexity index is 395. The second kappa shape index (κ2) is 3.18. The molecular formula is C11H9N. The molecule has 1 aromatic carbocycles. The van der Waals surface area contributed by atoms with Crippen LogP contribution in [0.5, 0.6) is 0 Å². The number of rotatable bonds is 0. The van der Waals surface area contributed by atoms with E-state index >= 15 is 0 Å². The average Bonchev–Trinajstić information content (AvgIpc) is 2.06. The lowest BCUT2D eigenvalue weighted by Crippen LogP contribution is -2.23. The van der Waals surface area contributed by atoms with E-state index in [4.69, 9.17) is 0 Å². The van der Waals surface area contributed by atoms with Crippen LogP contribution in [0.1, 0.15) is 0 Å². The molecule has 0 aromatic heterocycles. The van der Waals surface area contributed by atoms with Crippen molar-refractivity contribution in [2.24, 2.45) is 4.99 Å². The van der Waals surface area contributed by atoms with E-state index in [9.17, 15) is 0 Å². The SMILES string of the molecule is C1=C\N=C/C=c2/cccc/c2=C/1. The van der Waals surface area contributed by atoms with Gasteiger partial charge in [0.15, 0.2) is 0 Å². The minimum Gasteiger partial charge on any atom is -0.265 e. The van der Waals surface area contributed by atoms with Gasteiger partial charge in [0.1, 0.15) is 0 Å². The molecule has 0 aliphatic carbocycles. The van der Waals surface area contributed by atoms with E-state index in [0.29, 0.717) is 0 Å². The largest absolute Gasteiger partial charge is 0.265 e. The van der Waals surface area contributed by atoms with Gasteiger partial charge in [-0.1, -0.05) is 30.3 Å². The zero-order valence-corrected chi connectivity index (χ0v) is 6.64. The number of allylic oxidation sites excluding steroid dienone is 1. The molecular weight excluding hydrogens is 146 g/mol. The number of nitrogens with zero attached hydrogens (tertiary/aromatic N) is 1. The number of fused-ring (bicyclic) bond motifs is 1. The van der Waals surface area contributed by atoms with Gasteiger partial charge in [0, 0.05) is 12.4 Å². The Morgan fingerprint density at radius 3 is 2.50 bits per heavy atom. The number of benzene rings is 1. The predicted octanol–water partition coefficient (Wildman–Crippen LogP) is 0.846. The summed E-state index contributed by atoms with van der Waals surface area (Å²) in [5, 5.41) is 2.45. The highest BCUT2D eigenvalue weighted by Gasteiger charge is 1.82. The Hall–Kier alpha value is -1.63. The molecule has 0 unspecified atom stereocenters. The van der Waals surface area contributed by atoms with Gasteiger partial charge < -0.3 is 0 Å². The maximum absolute atomic E-state index is 4.04. The fraction of sp³-hybridized carbons (Fsp3) is 0. The Kier molecular flexibility index (Phi) is 1.87. The van der Waals surface area contributed by atoms with Crippen molar-refractivity contribution >= 4 is 18.4 Å². The van der Waals surface area contributed by atoms with Crippen LogP contribution in [0.15, 0.2) is 41.5 Å². The van der Waals surface area contributed by atoms with Gasteiger partial charge in [-0.2, -0.15) is 0 Å². The second-order valence-electron chi connectivity index (χ2n) is 2.60. The third-order valence-electron chi connectivity index (χ3n) is 1.78. The number of aliphatic imine (C=N–C) groups is 1. The van der Waals surface area contributed by atoms with Crippen LogP contribution >= 0.6 is 0 Å². The molecule has 1 heteroatoms. The summed E-state index contributed by atoms with van der Waals surface area (Å²) in [6.45, 7) is 0. The summed E-state index contributed by atoms with van der Waals surface area (Å²) in [6, 6.07) is 8.24. The van der Waals surface area contributed by atoms with Crippen LogP contribution in [0.3, 0.4) is 0 Å². The third-order valence-corrected chi connectivity index (χ3v) is 1.78. The van der Waals surface area contributed by atoms with Crippen molar-refractivity contribution in [3.05, 3.63) is 47.0 Å². The summed E-state index contributed by atoms with van der Waals surface area (Å²) in [5.74, 6) is 0. The standard InChI is InChI=1S/C11H9N/c1-2-5-11-7-9-12-8-3-6-10(11)4-1/h1-9H/b6-3?,8-3-,9-7?,10-6-,11-7-,12-8?,12-9-. The highest BCUT2D eigenvalue weighted by Crippen LogP contribution is 1.80. The molecule has 1 aliphatic rings. The smallest absolute Gasteiger partial charge is 0.0273 e.